The highest BCUT2D eigenvalue weighted by Crippen LogP contribution is 2.38. The van der Waals surface area contributed by atoms with Crippen LogP contribution in [0.5, 0.6) is 5.75 Å². The van der Waals surface area contributed by atoms with Gasteiger partial charge in [0.15, 0.2) is 0 Å². The number of rotatable bonds is 12. The van der Waals surface area contributed by atoms with Crippen LogP contribution in [0.4, 0.5) is 0 Å². The molecule has 0 atom stereocenters. The summed E-state index contributed by atoms with van der Waals surface area (Å²) in [6.07, 6.45) is 3.60. The molecule has 0 heterocycles. The molecular weight excluding hydrogens is 454 g/mol. The molecule has 0 bridgehead atoms. The standard InChI is InChI=1S/C30H47NO3S/c1-10-29(6,7)24-16-19-27(26(22-24)30(8,9)11-2)34-21-13-12-20-31-35(32,33)25-17-14-23(15-18-25)28(3,4)5/h14-19,22,31H,10-13,20-21H2,1-9H3. The van der Waals surface area contributed by atoms with Gasteiger partial charge in [-0.1, -0.05) is 86.6 Å². The van der Waals surface area contributed by atoms with Crippen molar-refractivity contribution in [2.24, 2.45) is 0 Å². The molecule has 2 aromatic carbocycles. The molecule has 196 valence electrons. The number of unbranched alkanes of at least 4 members (excludes halogenated alkanes) is 1. The smallest absolute Gasteiger partial charge is 0.240 e. The first-order chi connectivity index (χ1) is 16.1. The summed E-state index contributed by atoms with van der Waals surface area (Å²) in [6.45, 7) is 20.8. The molecule has 0 aliphatic rings. The van der Waals surface area contributed by atoms with Gasteiger partial charge < -0.3 is 4.74 Å². The van der Waals surface area contributed by atoms with Crippen molar-refractivity contribution in [1.82, 2.24) is 4.72 Å². The molecule has 2 aromatic rings. The fraction of sp³-hybridized carbons (Fsp3) is 0.600. The van der Waals surface area contributed by atoms with Gasteiger partial charge in [0.25, 0.3) is 0 Å². The summed E-state index contributed by atoms with van der Waals surface area (Å²) in [5.41, 5.74) is 3.85. The topological polar surface area (TPSA) is 55.4 Å². The molecular formula is C30H47NO3S. The largest absolute Gasteiger partial charge is 0.493 e. The maximum absolute atomic E-state index is 12.6. The second-order valence-electron chi connectivity index (χ2n) is 11.9. The molecule has 35 heavy (non-hydrogen) atoms. The Morgan fingerprint density at radius 2 is 1.34 bits per heavy atom. The Hall–Kier alpha value is -1.85. The second kappa shape index (κ2) is 11.5. The molecule has 0 saturated heterocycles. The van der Waals surface area contributed by atoms with E-state index in [1.165, 1.54) is 11.1 Å². The maximum Gasteiger partial charge on any atom is 0.240 e. The lowest BCUT2D eigenvalue weighted by Gasteiger charge is -2.30. The molecule has 4 nitrogen and oxygen atoms in total. The third-order valence-corrected chi connectivity index (χ3v) is 8.89. The van der Waals surface area contributed by atoms with Crippen molar-refractivity contribution in [2.75, 3.05) is 13.2 Å². The van der Waals surface area contributed by atoms with Crippen LogP contribution in [0.2, 0.25) is 0 Å². The number of ether oxygens (including phenoxy) is 1. The van der Waals surface area contributed by atoms with Crippen LogP contribution in [0.15, 0.2) is 47.4 Å². The van der Waals surface area contributed by atoms with E-state index in [0.29, 0.717) is 24.5 Å². The van der Waals surface area contributed by atoms with Crippen LogP contribution in [0, 0.1) is 0 Å². The number of benzene rings is 2. The molecule has 0 aliphatic heterocycles. The van der Waals surface area contributed by atoms with Gasteiger partial charge in [-0.25, -0.2) is 13.1 Å². The summed E-state index contributed by atoms with van der Waals surface area (Å²) in [5, 5.41) is 0. The molecule has 0 saturated carbocycles. The fourth-order valence-electron chi connectivity index (χ4n) is 3.83. The molecule has 0 aromatic heterocycles. The molecule has 0 unspecified atom stereocenters. The Balaban J connectivity index is 1.95. The lowest BCUT2D eigenvalue weighted by Crippen LogP contribution is -2.25. The lowest BCUT2D eigenvalue weighted by molar-refractivity contribution is 0.296. The summed E-state index contributed by atoms with van der Waals surface area (Å²) in [4.78, 5) is 0.309. The van der Waals surface area contributed by atoms with Gasteiger partial charge in [0.1, 0.15) is 5.75 Å². The van der Waals surface area contributed by atoms with E-state index in [1.54, 1.807) is 12.1 Å². The van der Waals surface area contributed by atoms with E-state index in [2.05, 4.69) is 85.2 Å². The van der Waals surface area contributed by atoms with E-state index in [0.717, 1.165) is 30.6 Å². The zero-order valence-corrected chi connectivity index (χ0v) is 24.2. The highest BCUT2D eigenvalue weighted by Gasteiger charge is 2.26. The van der Waals surface area contributed by atoms with Crippen LogP contribution in [0.3, 0.4) is 0 Å². The molecule has 0 fully saturated rings. The minimum absolute atomic E-state index is 0.00550. The summed E-state index contributed by atoms with van der Waals surface area (Å²) < 4.78 is 34.2. The Morgan fingerprint density at radius 1 is 0.771 bits per heavy atom. The maximum atomic E-state index is 12.6. The first-order valence-corrected chi connectivity index (χ1v) is 14.5. The van der Waals surface area contributed by atoms with Crippen molar-refractivity contribution in [3.63, 3.8) is 0 Å². The van der Waals surface area contributed by atoms with E-state index in [9.17, 15) is 8.42 Å². The highest BCUT2D eigenvalue weighted by atomic mass is 32.2. The number of sulfonamides is 1. The molecule has 2 rings (SSSR count). The summed E-state index contributed by atoms with van der Waals surface area (Å²) in [7, 11) is -3.50. The molecule has 0 radical (unpaired) electrons. The van der Waals surface area contributed by atoms with E-state index >= 15 is 0 Å². The van der Waals surface area contributed by atoms with E-state index < -0.39 is 10.0 Å². The van der Waals surface area contributed by atoms with Gasteiger partial charge in [-0.05, 0) is 71.3 Å². The van der Waals surface area contributed by atoms with Crippen molar-refractivity contribution >= 4 is 10.0 Å². The molecule has 0 spiro atoms. The predicted molar refractivity (Wildman–Crippen MR) is 148 cm³/mol. The third kappa shape index (κ3) is 7.82. The third-order valence-electron chi connectivity index (χ3n) is 7.41. The van der Waals surface area contributed by atoms with Crippen LogP contribution < -0.4 is 9.46 Å². The SMILES string of the molecule is CCC(C)(C)c1ccc(OCCCCNS(=O)(=O)c2ccc(C(C)(C)C)cc2)c(C(C)(C)CC)c1. The highest BCUT2D eigenvalue weighted by molar-refractivity contribution is 7.89. The van der Waals surface area contributed by atoms with Gasteiger partial charge in [-0.2, -0.15) is 0 Å². The summed E-state index contributed by atoms with van der Waals surface area (Å²) >= 11 is 0. The van der Waals surface area contributed by atoms with Crippen molar-refractivity contribution in [3.8, 4) is 5.75 Å². The summed E-state index contributed by atoms with van der Waals surface area (Å²) in [6, 6.07) is 13.8. The second-order valence-corrected chi connectivity index (χ2v) is 13.7. The van der Waals surface area contributed by atoms with Crippen LogP contribution in [0.1, 0.15) is 105 Å². The van der Waals surface area contributed by atoms with Gasteiger partial charge in [-0.15, -0.1) is 0 Å². The lowest BCUT2D eigenvalue weighted by atomic mass is 9.76. The zero-order valence-electron chi connectivity index (χ0n) is 23.4. The number of hydrogen-bond donors (Lipinski definition) is 1. The Labute approximate surface area is 214 Å². The van der Waals surface area contributed by atoms with Gasteiger partial charge in [0.2, 0.25) is 10.0 Å². The van der Waals surface area contributed by atoms with Crippen LogP contribution in [0.25, 0.3) is 0 Å². The zero-order chi connectivity index (χ0) is 26.5. The fourth-order valence-corrected chi connectivity index (χ4v) is 4.91. The quantitative estimate of drug-likeness (QED) is 0.306. The van der Waals surface area contributed by atoms with Crippen LogP contribution in [-0.4, -0.2) is 21.6 Å². The van der Waals surface area contributed by atoms with Crippen molar-refractivity contribution < 1.29 is 13.2 Å². The van der Waals surface area contributed by atoms with E-state index in [4.69, 9.17) is 4.74 Å². The van der Waals surface area contributed by atoms with Crippen molar-refractivity contribution in [1.29, 1.82) is 0 Å². The minimum Gasteiger partial charge on any atom is -0.493 e. The average Bonchev–Trinajstić information content (AvgIpc) is 2.80. The molecule has 0 amide bonds. The summed E-state index contributed by atoms with van der Waals surface area (Å²) in [5.74, 6) is 0.937. The van der Waals surface area contributed by atoms with E-state index in [-0.39, 0.29) is 16.2 Å². The Bertz CT molecular complexity index is 1060. The molecule has 5 heteroatoms. The minimum atomic E-state index is -3.50. The van der Waals surface area contributed by atoms with Crippen molar-refractivity contribution in [3.05, 3.63) is 59.2 Å². The van der Waals surface area contributed by atoms with E-state index in [1.807, 2.05) is 12.1 Å². The van der Waals surface area contributed by atoms with Crippen LogP contribution in [-0.2, 0) is 26.3 Å². The molecule has 0 aliphatic carbocycles. The van der Waals surface area contributed by atoms with Gasteiger partial charge >= 0.3 is 0 Å². The normalized spacial score (nSPS) is 13.2. The number of hydrogen-bond acceptors (Lipinski definition) is 3. The average molecular weight is 502 g/mol. The Morgan fingerprint density at radius 3 is 1.89 bits per heavy atom. The van der Waals surface area contributed by atoms with Gasteiger partial charge in [0, 0.05) is 12.1 Å². The van der Waals surface area contributed by atoms with Crippen molar-refractivity contribution in [2.45, 2.75) is 109 Å². The van der Waals surface area contributed by atoms with Gasteiger partial charge in [-0.3, -0.25) is 0 Å². The van der Waals surface area contributed by atoms with Crippen LogP contribution >= 0.6 is 0 Å². The Kier molecular flexibility index (Phi) is 9.63. The first-order valence-electron chi connectivity index (χ1n) is 13.0. The first kappa shape index (κ1) is 29.4. The molecule has 1 N–H and O–H groups in total. The number of nitrogens with one attached hydrogen (secondary N) is 1. The predicted octanol–water partition coefficient (Wildman–Crippen LogP) is 7.50. The van der Waals surface area contributed by atoms with Gasteiger partial charge in [0.05, 0.1) is 11.5 Å². The monoisotopic (exact) mass is 501 g/mol.